The molecule has 0 radical (unpaired) electrons. The van der Waals surface area contributed by atoms with Crippen molar-refractivity contribution in [1.29, 1.82) is 0 Å². The Kier molecular flexibility index (Phi) is 5.28. The fourth-order valence-electron chi connectivity index (χ4n) is 2.05. The van der Waals surface area contributed by atoms with Crippen molar-refractivity contribution in [2.24, 2.45) is 0 Å². The van der Waals surface area contributed by atoms with Gasteiger partial charge in [0.25, 0.3) is 0 Å². The van der Waals surface area contributed by atoms with E-state index in [0.717, 1.165) is 23.6 Å². The summed E-state index contributed by atoms with van der Waals surface area (Å²) in [5.41, 5.74) is 2.51. The zero-order chi connectivity index (χ0) is 13.8. The van der Waals surface area contributed by atoms with Crippen molar-refractivity contribution in [2.75, 3.05) is 0 Å². The van der Waals surface area contributed by atoms with Gasteiger partial charge in [-0.2, -0.15) is 0 Å². The molecule has 0 spiro atoms. The van der Waals surface area contributed by atoms with Gasteiger partial charge in [0, 0.05) is 27.5 Å². The van der Waals surface area contributed by atoms with Crippen LogP contribution < -0.4 is 5.32 Å². The highest BCUT2D eigenvalue weighted by Gasteiger charge is 2.11. The lowest BCUT2D eigenvalue weighted by molar-refractivity contribution is 0.577. The van der Waals surface area contributed by atoms with E-state index in [1.807, 2.05) is 12.1 Å². The molecule has 1 nitrogen and oxygen atoms in total. The van der Waals surface area contributed by atoms with Crippen LogP contribution in [-0.4, -0.2) is 0 Å². The molecule has 0 saturated heterocycles. The summed E-state index contributed by atoms with van der Waals surface area (Å²) in [7, 11) is 0. The van der Waals surface area contributed by atoms with Gasteiger partial charge in [-0.3, -0.25) is 0 Å². The number of nitrogens with one attached hydrogen (secondary N) is 1. The zero-order valence-corrected chi connectivity index (χ0v) is 13.4. The van der Waals surface area contributed by atoms with Gasteiger partial charge in [0.15, 0.2) is 0 Å². The summed E-state index contributed by atoms with van der Waals surface area (Å²) in [4.78, 5) is 1.40. The molecular formula is C15H17Cl2NS. The average molecular weight is 314 g/mol. The van der Waals surface area contributed by atoms with Crippen molar-refractivity contribution in [3.8, 4) is 0 Å². The van der Waals surface area contributed by atoms with Crippen molar-refractivity contribution in [2.45, 2.75) is 32.9 Å². The zero-order valence-electron chi connectivity index (χ0n) is 11.0. The Bertz CT molecular complexity index is 551. The van der Waals surface area contributed by atoms with Gasteiger partial charge in [-0.05, 0) is 48.1 Å². The van der Waals surface area contributed by atoms with Crippen LogP contribution in [0.25, 0.3) is 0 Å². The van der Waals surface area contributed by atoms with Crippen LogP contribution in [0.5, 0.6) is 0 Å². The Morgan fingerprint density at radius 2 is 2.05 bits per heavy atom. The minimum atomic E-state index is 0.205. The van der Waals surface area contributed by atoms with Crippen molar-refractivity contribution in [3.05, 3.63) is 55.7 Å². The van der Waals surface area contributed by atoms with Gasteiger partial charge < -0.3 is 5.32 Å². The molecule has 1 unspecified atom stereocenters. The maximum absolute atomic E-state index is 6.22. The first-order valence-electron chi connectivity index (χ1n) is 6.35. The molecule has 2 aromatic rings. The third-order valence-corrected chi connectivity index (χ3v) is 4.74. The second-order valence-corrected chi connectivity index (χ2v) is 6.34. The van der Waals surface area contributed by atoms with Gasteiger partial charge >= 0.3 is 0 Å². The Hall–Kier alpha value is -0.540. The fraction of sp³-hybridized carbons (Fsp3) is 0.333. The Morgan fingerprint density at radius 1 is 1.26 bits per heavy atom. The molecular weight excluding hydrogens is 297 g/mol. The summed E-state index contributed by atoms with van der Waals surface area (Å²) in [5, 5.41) is 7.06. The highest BCUT2D eigenvalue weighted by atomic mass is 35.5. The maximum atomic E-state index is 6.22. The minimum absolute atomic E-state index is 0.205. The second kappa shape index (κ2) is 6.76. The van der Waals surface area contributed by atoms with Crippen LogP contribution in [0.2, 0.25) is 10.0 Å². The van der Waals surface area contributed by atoms with Gasteiger partial charge in [-0.15, -0.1) is 11.3 Å². The molecule has 0 saturated carbocycles. The number of rotatable bonds is 5. The smallest absolute Gasteiger partial charge is 0.0468 e. The summed E-state index contributed by atoms with van der Waals surface area (Å²) in [6, 6.07) is 8.05. The molecule has 0 aliphatic carbocycles. The van der Waals surface area contributed by atoms with Crippen molar-refractivity contribution >= 4 is 34.5 Å². The number of aryl methyl sites for hydroxylation is 1. The summed E-state index contributed by atoms with van der Waals surface area (Å²) in [5.74, 6) is 0. The molecule has 0 amide bonds. The highest BCUT2D eigenvalue weighted by Crippen LogP contribution is 2.27. The normalized spacial score (nSPS) is 12.6. The summed E-state index contributed by atoms with van der Waals surface area (Å²) >= 11 is 13.9. The van der Waals surface area contributed by atoms with Crippen LogP contribution in [-0.2, 0) is 13.0 Å². The SMILES string of the molecule is CCc1ccsc1CNC(C)c1ccc(Cl)cc1Cl. The third kappa shape index (κ3) is 3.73. The molecule has 1 heterocycles. The lowest BCUT2D eigenvalue weighted by Gasteiger charge is -2.16. The predicted octanol–water partition coefficient (Wildman–Crippen LogP) is 5.47. The Morgan fingerprint density at radius 3 is 2.74 bits per heavy atom. The number of hydrogen-bond donors (Lipinski definition) is 1. The predicted molar refractivity (Wildman–Crippen MR) is 85.4 cm³/mol. The molecule has 19 heavy (non-hydrogen) atoms. The van der Waals surface area contributed by atoms with E-state index in [4.69, 9.17) is 23.2 Å². The molecule has 0 fully saturated rings. The molecule has 0 aliphatic heterocycles. The van der Waals surface area contributed by atoms with E-state index in [9.17, 15) is 0 Å². The molecule has 0 aliphatic rings. The molecule has 1 aromatic carbocycles. The molecule has 1 atom stereocenters. The summed E-state index contributed by atoms with van der Waals surface area (Å²) < 4.78 is 0. The quantitative estimate of drug-likeness (QED) is 0.772. The first-order chi connectivity index (χ1) is 9.11. The van der Waals surface area contributed by atoms with E-state index >= 15 is 0 Å². The number of thiophene rings is 1. The highest BCUT2D eigenvalue weighted by molar-refractivity contribution is 7.10. The molecule has 1 N–H and O–H groups in total. The fourth-order valence-corrected chi connectivity index (χ4v) is 3.54. The topological polar surface area (TPSA) is 12.0 Å². The van der Waals surface area contributed by atoms with E-state index in [0.29, 0.717) is 5.02 Å². The number of halogens is 2. The maximum Gasteiger partial charge on any atom is 0.0468 e. The van der Waals surface area contributed by atoms with E-state index in [-0.39, 0.29) is 6.04 Å². The van der Waals surface area contributed by atoms with Crippen LogP contribution in [0.3, 0.4) is 0 Å². The second-order valence-electron chi connectivity index (χ2n) is 4.49. The first kappa shape index (κ1) is 14.9. The summed E-state index contributed by atoms with van der Waals surface area (Å²) in [6.45, 7) is 5.18. The Balaban J connectivity index is 2.03. The van der Waals surface area contributed by atoms with Gasteiger partial charge in [-0.25, -0.2) is 0 Å². The number of hydrogen-bond acceptors (Lipinski definition) is 2. The Labute approximate surface area is 128 Å². The number of benzene rings is 1. The first-order valence-corrected chi connectivity index (χ1v) is 7.99. The van der Waals surface area contributed by atoms with E-state index in [1.165, 1.54) is 10.4 Å². The molecule has 0 bridgehead atoms. The van der Waals surface area contributed by atoms with E-state index < -0.39 is 0 Å². The third-order valence-electron chi connectivity index (χ3n) is 3.22. The molecule has 2 rings (SSSR count). The van der Waals surface area contributed by atoms with Gasteiger partial charge in [0.1, 0.15) is 0 Å². The van der Waals surface area contributed by atoms with Crippen molar-refractivity contribution in [3.63, 3.8) is 0 Å². The van der Waals surface area contributed by atoms with Crippen LogP contribution in [0.1, 0.15) is 35.9 Å². The van der Waals surface area contributed by atoms with Crippen LogP contribution in [0.4, 0.5) is 0 Å². The summed E-state index contributed by atoms with van der Waals surface area (Å²) in [6.07, 6.45) is 1.08. The monoisotopic (exact) mass is 313 g/mol. The van der Waals surface area contributed by atoms with Crippen molar-refractivity contribution < 1.29 is 0 Å². The molecule has 102 valence electrons. The van der Waals surface area contributed by atoms with Gasteiger partial charge in [-0.1, -0.05) is 36.2 Å². The van der Waals surface area contributed by atoms with E-state index in [1.54, 1.807) is 17.4 Å². The van der Waals surface area contributed by atoms with E-state index in [2.05, 4.69) is 30.6 Å². The minimum Gasteiger partial charge on any atom is -0.305 e. The average Bonchev–Trinajstić information content (AvgIpc) is 2.83. The molecule has 4 heteroatoms. The standard InChI is InChI=1S/C15H17Cl2NS/c1-3-11-6-7-19-15(11)9-18-10(2)13-5-4-12(16)8-14(13)17/h4-8,10,18H,3,9H2,1-2H3. The van der Waals surface area contributed by atoms with Crippen LogP contribution in [0, 0.1) is 0 Å². The van der Waals surface area contributed by atoms with Gasteiger partial charge in [0.2, 0.25) is 0 Å². The van der Waals surface area contributed by atoms with Crippen LogP contribution >= 0.6 is 34.5 Å². The lowest BCUT2D eigenvalue weighted by atomic mass is 10.1. The molecule has 1 aromatic heterocycles. The van der Waals surface area contributed by atoms with Crippen molar-refractivity contribution in [1.82, 2.24) is 5.32 Å². The lowest BCUT2D eigenvalue weighted by Crippen LogP contribution is -2.18. The van der Waals surface area contributed by atoms with Gasteiger partial charge in [0.05, 0.1) is 0 Å². The largest absolute Gasteiger partial charge is 0.305 e. The van der Waals surface area contributed by atoms with Crippen LogP contribution in [0.15, 0.2) is 29.6 Å².